The van der Waals surface area contributed by atoms with Crippen LogP contribution in [0, 0.1) is 13.8 Å². The van der Waals surface area contributed by atoms with Gasteiger partial charge in [0.2, 0.25) is 11.8 Å². The lowest BCUT2D eigenvalue weighted by Crippen LogP contribution is -1.90. The van der Waals surface area contributed by atoms with Gasteiger partial charge in [-0.05, 0) is 37.5 Å². The van der Waals surface area contributed by atoms with Crippen molar-refractivity contribution < 1.29 is 4.42 Å². The van der Waals surface area contributed by atoms with Gasteiger partial charge in [0.15, 0.2) is 0 Å². The molecule has 0 N–H and O–H groups in total. The topological polar surface area (TPSA) is 38.9 Å². The summed E-state index contributed by atoms with van der Waals surface area (Å²) >= 11 is 5.87. The van der Waals surface area contributed by atoms with E-state index in [0.29, 0.717) is 18.2 Å². The van der Waals surface area contributed by atoms with Crippen LogP contribution in [0.25, 0.3) is 0 Å². The Morgan fingerprint density at radius 2 is 2.00 bits per heavy atom. The lowest BCUT2D eigenvalue weighted by molar-refractivity contribution is 0.458. The van der Waals surface area contributed by atoms with E-state index in [1.165, 1.54) is 16.7 Å². The highest BCUT2D eigenvalue weighted by Gasteiger charge is 2.11. The quantitative estimate of drug-likeness (QED) is 0.782. The third-order valence-electron chi connectivity index (χ3n) is 2.75. The van der Waals surface area contributed by atoms with Crippen LogP contribution < -0.4 is 0 Å². The molecule has 0 aliphatic carbocycles. The third kappa shape index (κ3) is 2.86. The minimum Gasteiger partial charge on any atom is -0.423 e. The fourth-order valence-electron chi connectivity index (χ4n) is 1.59. The Morgan fingerprint density at radius 1 is 1.24 bits per heavy atom. The number of rotatable bonds is 3. The van der Waals surface area contributed by atoms with E-state index in [0.717, 1.165) is 0 Å². The number of nitrogens with zero attached hydrogens (tertiary/aromatic N) is 2. The van der Waals surface area contributed by atoms with Gasteiger partial charge in [-0.25, -0.2) is 0 Å². The molecule has 17 heavy (non-hydrogen) atoms. The maximum absolute atomic E-state index is 5.87. The molecule has 0 aliphatic rings. The van der Waals surface area contributed by atoms with E-state index in [4.69, 9.17) is 16.0 Å². The number of benzene rings is 1. The van der Waals surface area contributed by atoms with E-state index in [2.05, 4.69) is 42.2 Å². The molecule has 1 heterocycles. The van der Waals surface area contributed by atoms with Gasteiger partial charge in [-0.15, -0.1) is 21.8 Å². The first-order chi connectivity index (χ1) is 8.06. The molecule has 90 valence electrons. The molecule has 0 fully saturated rings. The van der Waals surface area contributed by atoms with Crippen LogP contribution in [-0.2, 0) is 6.42 Å². The van der Waals surface area contributed by atoms with Crippen molar-refractivity contribution in [3.8, 4) is 0 Å². The molecule has 3 nitrogen and oxygen atoms in total. The van der Waals surface area contributed by atoms with Crippen LogP contribution in [0.1, 0.15) is 40.8 Å². The number of hydrogen-bond donors (Lipinski definition) is 0. The van der Waals surface area contributed by atoms with Crippen molar-refractivity contribution in [3.05, 3.63) is 46.7 Å². The summed E-state index contributed by atoms with van der Waals surface area (Å²) in [7, 11) is 0. The van der Waals surface area contributed by atoms with Gasteiger partial charge in [-0.3, -0.25) is 0 Å². The Bertz CT molecular complexity index is 520. The smallest absolute Gasteiger partial charge is 0.234 e. The highest BCUT2D eigenvalue weighted by atomic mass is 35.5. The second-order valence-corrected chi connectivity index (χ2v) is 4.90. The van der Waals surface area contributed by atoms with Gasteiger partial charge in [-0.1, -0.05) is 18.2 Å². The molecule has 0 saturated heterocycles. The predicted octanol–water partition coefficient (Wildman–Crippen LogP) is 3.58. The zero-order valence-corrected chi connectivity index (χ0v) is 11.0. The Kier molecular flexibility index (Phi) is 3.48. The molecular formula is C13H15ClN2O. The first kappa shape index (κ1) is 12.1. The molecule has 4 heteroatoms. The van der Waals surface area contributed by atoms with E-state index >= 15 is 0 Å². The standard InChI is InChI=1S/C13H15ClN2O/c1-8-4-5-11(6-9(8)2)7-12-15-16-13(17-12)10(3)14/h4-6,10H,7H2,1-3H3. The molecule has 0 aliphatic heterocycles. The molecule has 1 aromatic carbocycles. The number of aromatic nitrogens is 2. The van der Waals surface area contributed by atoms with Crippen LogP contribution in [0.15, 0.2) is 22.6 Å². The van der Waals surface area contributed by atoms with Gasteiger partial charge in [0.1, 0.15) is 5.38 Å². The van der Waals surface area contributed by atoms with E-state index in [1.54, 1.807) is 0 Å². The van der Waals surface area contributed by atoms with E-state index < -0.39 is 0 Å². The first-order valence-corrected chi connectivity index (χ1v) is 6.02. The van der Waals surface area contributed by atoms with Crippen molar-refractivity contribution in [2.24, 2.45) is 0 Å². The minimum atomic E-state index is -0.240. The van der Waals surface area contributed by atoms with Crippen molar-refractivity contribution in [2.45, 2.75) is 32.6 Å². The lowest BCUT2D eigenvalue weighted by atomic mass is 10.0. The Morgan fingerprint density at radius 3 is 2.59 bits per heavy atom. The maximum Gasteiger partial charge on any atom is 0.234 e. The summed E-state index contributed by atoms with van der Waals surface area (Å²) in [4.78, 5) is 0. The van der Waals surface area contributed by atoms with E-state index in [9.17, 15) is 0 Å². The second kappa shape index (κ2) is 4.88. The summed E-state index contributed by atoms with van der Waals surface area (Å²) in [6.07, 6.45) is 0.651. The van der Waals surface area contributed by atoms with E-state index in [1.807, 2.05) is 6.92 Å². The first-order valence-electron chi connectivity index (χ1n) is 5.58. The van der Waals surface area contributed by atoms with Crippen LogP contribution in [0.2, 0.25) is 0 Å². The average molecular weight is 251 g/mol. The number of hydrogen-bond acceptors (Lipinski definition) is 3. The van der Waals surface area contributed by atoms with Crippen molar-refractivity contribution in [2.75, 3.05) is 0 Å². The lowest BCUT2D eigenvalue weighted by Gasteiger charge is -2.02. The minimum absolute atomic E-state index is 0.240. The Balaban J connectivity index is 2.16. The molecular weight excluding hydrogens is 236 g/mol. The Labute approximate surface area is 106 Å². The second-order valence-electron chi connectivity index (χ2n) is 4.25. The summed E-state index contributed by atoms with van der Waals surface area (Å²) < 4.78 is 5.46. The molecule has 0 spiro atoms. The van der Waals surface area contributed by atoms with Crippen molar-refractivity contribution >= 4 is 11.6 Å². The van der Waals surface area contributed by atoms with Crippen LogP contribution in [0.3, 0.4) is 0 Å². The number of aryl methyl sites for hydroxylation is 2. The molecule has 0 radical (unpaired) electrons. The van der Waals surface area contributed by atoms with Gasteiger partial charge in [0.05, 0.1) is 6.42 Å². The molecule has 1 unspecified atom stereocenters. The summed E-state index contributed by atoms with van der Waals surface area (Å²) in [5.74, 6) is 1.08. The van der Waals surface area contributed by atoms with E-state index in [-0.39, 0.29) is 5.38 Å². The van der Waals surface area contributed by atoms with Crippen molar-refractivity contribution in [1.82, 2.24) is 10.2 Å². The summed E-state index contributed by atoms with van der Waals surface area (Å²) in [5.41, 5.74) is 3.73. The van der Waals surface area contributed by atoms with Crippen LogP contribution in [0.5, 0.6) is 0 Å². The summed E-state index contributed by atoms with van der Waals surface area (Å²) in [6, 6.07) is 6.33. The third-order valence-corrected chi connectivity index (χ3v) is 2.94. The Hall–Kier alpha value is -1.35. The molecule has 0 saturated carbocycles. The van der Waals surface area contributed by atoms with Gasteiger partial charge in [0.25, 0.3) is 0 Å². The monoisotopic (exact) mass is 250 g/mol. The average Bonchev–Trinajstić information content (AvgIpc) is 2.72. The highest BCUT2D eigenvalue weighted by Crippen LogP contribution is 2.19. The molecule has 2 aromatic rings. The molecule has 1 atom stereocenters. The number of alkyl halides is 1. The zero-order chi connectivity index (χ0) is 12.4. The number of halogens is 1. The molecule has 0 bridgehead atoms. The predicted molar refractivity (Wildman–Crippen MR) is 67.3 cm³/mol. The largest absolute Gasteiger partial charge is 0.423 e. The van der Waals surface area contributed by atoms with Crippen LogP contribution in [0.4, 0.5) is 0 Å². The zero-order valence-electron chi connectivity index (χ0n) is 10.2. The van der Waals surface area contributed by atoms with Crippen LogP contribution in [-0.4, -0.2) is 10.2 Å². The molecule has 1 aromatic heterocycles. The maximum atomic E-state index is 5.87. The fourth-order valence-corrected chi connectivity index (χ4v) is 1.68. The van der Waals surface area contributed by atoms with Crippen molar-refractivity contribution in [1.29, 1.82) is 0 Å². The van der Waals surface area contributed by atoms with Gasteiger partial charge in [0, 0.05) is 0 Å². The SMILES string of the molecule is Cc1ccc(Cc2nnc(C(C)Cl)o2)cc1C. The fraction of sp³-hybridized carbons (Fsp3) is 0.385. The molecule has 2 rings (SSSR count). The normalized spacial score (nSPS) is 12.7. The van der Waals surface area contributed by atoms with Crippen molar-refractivity contribution in [3.63, 3.8) is 0 Å². The summed E-state index contributed by atoms with van der Waals surface area (Å²) in [6.45, 7) is 6.01. The molecule has 0 amide bonds. The highest BCUT2D eigenvalue weighted by molar-refractivity contribution is 6.20. The summed E-state index contributed by atoms with van der Waals surface area (Å²) in [5, 5.41) is 7.65. The van der Waals surface area contributed by atoms with Gasteiger partial charge < -0.3 is 4.42 Å². The van der Waals surface area contributed by atoms with Gasteiger partial charge >= 0.3 is 0 Å². The van der Waals surface area contributed by atoms with Crippen LogP contribution >= 0.6 is 11.6 Å². The van der Waals surface area contributed by atoms with Gasteiger partial charge in [-0.2, -0.15) is 0 Å².